The summed E-state index contributed by atoms with van der Waals surface area (Å²) in [4.78, 5) is 29.9. The molecular formula is C22H37N3O2. The molecule has 0 saturated heterocycles. The minimum Gasteiger partial charge on any atom is -0.353 e. The summed E-state index contributed by atoms with van der Waals surface area (Å²) in [5, 5.41) is 0. The standard InChI is InChI=1S/C22H37N3O2/c1-17(2)13-24(15-20-11-8-12-23(20)5)21(26)16-25(14-18(3)4)22(27)19-9-6-7-10-19/h8,11-12,17-19H,6-7,9-10,13-16H2,1-5H3. The molecule has 0 aromatic carbocycles. The van der Waals surface area contributed by atoms with E-state index >= 15 is 0 Å². The summed E-state index contributed by atoms with van der Waals surface area (Å²) in [6.45, 7) is 10.6. The lowest BCUT2D eigenvalue weighted by atomic mass is 10.1. The van der Waals surface area contributed by atoms with Gasteiger partial charge in [-0.25, -0.2) is 0 Å². The number of aryl methyl sites for hydroxylation is 1. The molecule has 5 heteroatoms. The van der Waals surface area contributed by atoms with Crippen LogP contribution in [0.4, 0.5) is 0 Å². The van der Waals surface area contributed by atoms with Gasteiger partial charge in [-0.1, -0.05) is 40.5 Å². The van der Waals surface area contributed by atoms with Crippen LogP contribution in [0, 0.1) is 17.8 Å². The number of carbonyl (C=O) groups is 2. The molecule has 2 rings (SSSR count). The highest BCUT2D eigenvalue weighted by Gasteiger charge is 2.30. The van der Waals surface area contributed by atoms with E-state index in [9.17, 15) is 9.59 Å². The van der Waals surface area contributed by atoms with E-state index in [1.807, 2.05) is 29.1 Å². The maximum Gasteiger partial charge on any atom is 0.242 e. The highest BCUT2D eigenvalue weighted by molar-refractivity contribution is 5.86. The smallest absolute Gasteiger partial charge is 0.242 e. The predicted molar refractivity (Wildman–Crippen MR) is 109 cm³/mol. The zero-order valence-electron chi connectivity index (χ0n) is 17.8. The Morgan fingerprint density at radius 2 is 1.67 bits per heavy atom. The van der Waals surface area contributed by atoms with Crippen LogP contribution in [0.2, 0.25) is 0 Å². The molecule has 1 fully saturated rings. The average Bonchev–Trinajstić information content (AvgIpc) is 3.24. The molecule has 1 aliphatic rings. The van der Waals surface area contributed by atoms with Crippen molar-refractivity contribution in [1.29, 1.82) is 0 Å². The maximum atomic E-state index is 13.2. The number of rotatable bonds is 9. The number of hydrogen-bond donors (Lipinski definition) is 0. The summed E-state index contributed by atoms with van der Waals surface area (Å²) >= 11 is 0. The fraction of sp³-hybridized carbons (Fsp3) is 0.727. The van der Waals surface area contributed by atoms with Crippen LogP contribution >= 0.6 is 0 Å². The lowest BCUT2D eigenvalue weighted by Crippen LogP contribution is -2.46. The molecule has 5 nitrogen and oxygen atoms in total. The summed E-state index contributed by atoms with van der Waals surface area (Å²) in [5.74, 6) is 1.09. The molecule has 0 aliphatic heterocycles. The Morgan fingerprint density at radius 3 is 2.19 bits per heavy atom. The van der Waals surface area contributed by atoms with Gasteiger partial charge in [-0.3, -0.25) is 9.59 Å². The number of aromatic nitrogens is 1. The zero-order chi connectivity index (χ0) is 20.0. The highest BCUT2D eigenvalue weighted by atomic mass is 16.2. The predicted octanol–water partition coefficient (Wildman–Crippen LogP) is 3.68. The van der Waals surface area contributed by atoms with Gasteiger partial charge in [-0.15, -0.1) is 0 Å². The molecule has 1 aromatic rings. The normalized spacial score (nSPS) is 14.9. The first kappa shape index (κ1) is 21.5. The summed E-state index contributed by atoms with van der Waals surface area (Å²) < 4.78 is 2.05. The maximum absolute atomic E-state index is 13.2. The molecule has 0 unspecified atom stereocenters. The molecule has 152 valence electrons. The average molecular weight is 376 g/mol. The van der Waals surface area contributed by atoms with Crippen LogP contribution in [0.15, 0.2) is 18.3 Å². The van der Waals surface area contributed by atoms with Gasteiger partial charge in [-0.05, 0) is 36.8 Å². The van der Waals surface area contributed by atoms with Crippen LogP contribution in [-0.4, -0.2) is 45.8 Å². The number of amides is 2. The SMILES string of the molecule is CC(C)CN(Cc1cccn1C)C(=O)CN(CC(C)C)C(=O)C1CCCC1. The van der Waals surface area contributed by atoms with Gasteiger partial charge in [0.1, 0.15) is 0 Å². The van der Waals surface area contributed by atoms with E-state index in [0.29, 0.717) is 31.5 Å². The summed E-state index contributed by atoms with van der Waals surface area (Å²) in [5.41, 5.74) is 1.11. The topological polar surface area (TPSA) is 45.6 Å². The van der Waals surface area contributed by atoms with Gasteiger partial charge >= 0.3 is 0 Å². The lowest BCUT2D eigenvalue weighted by Gasteiger charge is -2.31. The molecule has 0 bridgehead atoms. The second kappa shape index (κ2) is 9.95. The van der Waals surface area contributed by atoms with Crippen LogP contribution in [0.1, 0.15) is 59.1 Å². The van der Waals surface area contributed by atoms with Crippen LogP contribution in [0.3, 0.4) is 0 Å². The van der Waals surface area contributed by atoms with Gasteiger partial charge in [0, 0.05) is 37.9 Å². The summed E-state index contributed by atoms with van der Waals surface area (Å²) in [7, 11) is 2.00. The van der Waals surface area contributed by atoms with E-state index < -0.39 is 0 Å². The second-order valence-electron chi connectivity index (χ2n) is 8.87. The Labute approximate surface area is 164 Å². The second-order valence-corrected chi connectivity index (χ2v) is 8.87. The van der Waals surface area contributed by atoms with Crippen molar-refractivity contribution < 1.29 is 9.59 Å². The number of nitrogens with zero attached hydrogens (tertiary/aromatic N) is 3. The van der Waals surface area contributed by atoms with Crippen molar-refractivity contribution in [2.75, 3.05) is 19.6 Å². The van der Waals surface area contributed by atoms with Crippen molar-refractivity contribution in [3.8, 4) is 0 Å². The lowest BCUT2D eigenvalue weighted by molar-refractivity contribution is -0.144. The quantitative estimate of drug-likeness (QED) is 0.661. The van der Waals surface area contributed by atoms with Crippen molar-refractivity contribution in [2.45, 2.75) is 59.9 Å². The largest absolute Gasteiger partial charge is 0.353 e. The van der Waals surface area contributed by atoms with Gasteiger partial charge in [0.2, 0.25) is 11.8 Å². The van der Waals surface area contributed by atoms with E-state index in [1.165, 1.54) is 0 Å². The third-order valence-electron chi connectivity index (χ3n) is 5.27. The van der Waals surface area contributed by atoms with Crippen molar-refractivity contribution in [3.05, 3.63) is 24.0 Å². The first-order valence-electron chi connectivity index (χ1n) is 10.4. The summed E-state index contributed by atoms with van der Waals surface area (Å²) in [6.07, 6.45) is 6.21. The van der Waals surface area contributed by atoms with Gasteiger partial charge in [0.05, 0.1) is 13.1 Å². The molecule has 2 amide bonds. The van der Waals surface area contributed by atoms with E-state index in [0.717, 1.165) is 31.4 Å². The van der Waals surface area contributed by atoms with Crippen LogP contribution in [0.25, 0.3) is 0 Å². The van der Waals surface area contributed by atoms with Crippen LogP contribution in [0.5, 0.6) is 0 Å². The molecular weight excluding hydrogens is 338 g/mol. The molecule has 1 aromatic heterocycles. The third-order valence-corrected chi connectivity index (χ3v) is 5.27. The fourth-order valence-electron chi connectivity index (χ4n) is 3.92. The van der Waals surface area contributed by atoms with E-state index in [1.54, 1.807) is 0 Å². The molecule has 27 heavy (non-hydrogen) atoms. The minimum atomic E-state index is 0.0527. The Kier molecular flexibility index (Phi) is 7.93. The molecule has 0 radical (unpaired) electrons. The van der Waals surface area contributed by atoms with Gasteiger partial charge < -0.3 is 14.4 Å². The van der Waals surface area contributed by atoms with Crippen LogP contribution in [-0.2, 0) is 23.2 Å². The summed E-state index contributed by atoms with van der Waals surface area (Å²) in [6, 6.07) is 4.05. The van der Waals surface area contributed by atoms with Crippen molar-refractivity contribution in [2.24, 2.45) is 24.8 Å². The monoisotopic (exact) mass is 375 g/mol. The van der Waals surface area contributed by atoms with E-state index in [4.69, 9.17) is 0 Å². The Hall–Kier alpha value is -1.78. The Balaban J connectivity index is 2.10. The third kappa shape index (κ3) is 6.40. The number of hydrogen-bond acceptors (Lipinski definition) is 2. The van der Waals surface area contributed by atoms with Crippen LogP contribution < -0.4 is 0 Å². The Morgan fingerprint density at radius 1 is 1.07 bits per heavy atom. The first-order valence-corrected chi connectivity index (χ1v) is 10.4. The highest BCUT2D eigenvalue weighted by Crippen LogP contribution is 2.27. The van der Waals surface area contributed by atoms with Gasteiger partial charge in [0.25, 0.3) is 0 Å². The zero-order valence-corrected chi connectivity index (χ0v) is 17.8. The molecule has 0 N–H and O–H groups in total. The van der Waals surface area contributed by atoms with Crippen molar-refractivity contribution in [1.82, 2.24) is 14.4 Å². The van der Waals surface area contributed by atoms with Crippen molar-refractivity contribution >= 4 is 11.8 Å². The Bertz CT molecular complexity index is 615. The van der Waals surface area contributed by atoms with Gasteiger partial charge in [-0.2, -0.15) is 0 Å². The minimum absolute atomic E-state index is 0.0527. The first-order chi connectivity index (χ1) is 12.8. The number of carbonyl (C=O) groups excluding carboxylic acids is 2. The van der Waals surface area contributed by atoms with Gasteiger partial charge in [0.15, 0.2) is 0 Å². The van der Waals surface area contributed by atoms with Crippen molar-refractivity contribution in [3.63, 3.8) is 0 Å². The molecule has 0 atom stereocenters. The van der Waals surface area contributed by atoms with E-state index in [-0.39, 0.29) is 24.3 Å². The fourth-order valence-corrected chi connectivity index (χ4v) is 3.92. The molecule has 1 saturated carbocycles. The van der Waals surface area contributed by atoms with E-state index in [2.05, 4.69) is 38.3 Å². The molecule has 0 spiro atoms. The molecule has 1 heterocycles. The molecule has 1 aliphatic carbocycles.